The van der Waals surface area contributed by atoms with Crippen LogP contribution in [0.2, 0.25) is 0 Å². The largest absolute Gasteiger partial charge is 0.0856 e. The topological polar surface area (TPSA) is 0 Å². The molecular formula is C15H28. The minimum Gasteiger partial charge on any atom is -0.0856 e. The lowest BCUT2D eigenvalue weighted by molar-refractivity contribution is 0.157. The Bertz CT molecular complexity index is 214. The average molecular weight is 208 g/mol. The fraction of sp³-hybridized carbons (Fsp3) is 0.867. The zero-order chi connectivity index (χ0) is 11.3. The van der Waals surface area contributed by atoms with Crippen molar-refractivity contribution in [1.29, 1.82) is 0 Å². The fourth-order valence-corrected chi connectivity index (χ4v) is 3.20. The van der Waals surface area contributed by atoms with Crippen LogP contribution in [0.25, 0.3) is 0 Å². The van der Waals surface area contributed by atoms with Crippen LogP contribution in [-0.2, 0) is 0 Å². The molecule has 0 saturated heterocycles. The summed E-state index contributed by atoms with van der Waals surface area (Å²) in [4.78, 5) is 0. The average Bonchev–Trinajstić information content (AvgIpc) is 2.28. The first kappa shape index (κ1) is 12.8. The molecule has 0 spiro atoms. The first-order valence-electron chi connectivity index (χ1n) is 6.78. The van der Waals surface area contributed by atoms with Crippen molar-refractivity contribution in [3.63, 3.8) is 0 Å². The van der Waals surface area contributed by atoms with Gasteiger partial charge < -0.3 is 0 Å². The van der Waals surface area contributed by atoms with Crippen LogP contribution in [0.15, 0.2) is 11.6 Å². The lowest BCUT2D eigenvalue weighted by Gasteiger charge is -2.37. The zero-order valence-electron chi connectivity index (χ0n) is 11.1. The number of hydrogen-bond donors (Lipinski definition) is 0. The molecule has 0 aromatic carbocycles. The van der Waals surface area contributed by atoms with Crippen molar-refractivity contribution in [3.8, 4) is 0 Å². The Kier molecular flexibility index (Phi) is 4.89. The summed E-state index contributed by atoms with van der Waals surface area (Å²) in [5.41, 5.74) is 2.18. The molecule has 1 aliphatic carbocycles. The highest BCUT2D eigenvalue weighted by molar-refractivity contribution is 5.04. The number of rotatable bonds is 2. The van der Waals surface area contributed by atoms with E-state index in [2.05, 4.69) is 33.8 Å². The summed E-state index contributed by atoms with van der Waals surface area (Å²) in [5.74, 6) is 0.934. The summed E-state index contributed by atoms with van der Waals surface area (Å²) in [6, 6.07) is 0. The van der Waals surface area contributed by atoms with Crippen LogP contribution < -0.4 is 0 Å². The summed E-state index contributed by atoms with van der Waals surface area (Å²) in [7, 11) is 0. The molecule has 0 bridgehead atoms. The second-order valence-electron chi connectivity index (χ2n) is 5.62. The Morgan fingerprint density at radius 1 is 1.33 bits per heavy atom. The normalized spacial score (nSPS) is 33.9. The Hall–Kier alpha value is -0.260. The Morgan fingerprint density at radius 2 is 2.07 bits per heavy atom. The fourth-order valence-electron chi connectivity index (χ4n) is 3.20. The molecule has 15 heavy (non-hydrogen) atoms. The SMILES string of the molecule is CCC1CCCCC=C(C)CC1(C)CC. The maximum Gasteiger partial charge on any atom is -0.0263 e. The molecule has 0 N–H and O–H groups in total. The smallest absolute Gasteiger partial charge is 0.0263 e. The Balaban J connectivity index is 2.82. The van der Waals surface area contributed by atoms with Crippen LogP contribution in [0.1, 0.15) is 72.6 Å². The highest BCUT2D eigenvalue weighted by atomic mass is 14.4. The maximum absolute atomic E-state index is 2.50. The van der Waals surface area contributed by atoms with E-state index in [1.165, 1.54) is 44.9 Å². The Morgan fingerprint density at radius 3 is 2.67 bits per heavy atom. The van der Waals surface area contributed by atoms with E-state index in [0.717, 1.165) is 5.92 Å². The summed E-state index contributed by atoms with van der Waals surface area (Å²) in [5, 5.41) is 0. The molecule has 0 nitrogen and oxygen atoms in total. The van der Waals surface area contributed by atoms with Crippen LogP contribution in [0, 0.1) is 11.3 Å². The maximum atomic E-state index is 2.50. The molecule has 0 heterocycles. The Labute approximate surface area is 96.2 Å². The van der Waals surface area contributed by atoms with Gasteiger partial charge in [-0.15, -0.1) is 0 Å². The predicted octanol–water partition coefficient (Wildman–Crippen LogP) is 5.34. The number of allylic oxidation sites excluding steroid dienone is 2. The first-order valence-corrected chi connectivity index (χ1v) is 6.78. The van der Waals surface area contributed by atoms with Gasteiger partial charge in [0.25, 0.3) is 0 Å². The van der Waals surface area contributed by atoms with Crippen molar-refractivity contribution in [2.24, 2.45) is 11.3 Å². The van der Waals surface area contributed by atoms with Crippen molar-refractivity contribution in [2.75, 3.05) is 0 Å². The summed E-state index contributed by atoms with van der Waals surface area (Å²) in [6.07, 6.45) is 12.1. The van der Waals surface area contributed by atoms with Crippen LogP contribution in [0.4, 0.5) is 0 Å². The van der Waals surface area contributed by atoms with Gasteiger partial charge in [-0.25, -0.2) is 0 Å². The molecule has 0 aliphatic heterocycles. The molecule has 0 fully saturated rings. The van der Waals surface area contributed by atoms with E-state index in [1.807, 2.05) is 0 Å². The first-order chi connectivity index (χ1) is 7.12. The van der Waals surface area contributed by atoms with Gasteiger partial charge >= 0.3 is 0 Å². The quantitative estimate of drug-likeness (QED) is 0.537. The highest BCUT2D eigenvalue weighted by Crippen LogP contribution is 2.42. The molecule has 88 valence electrons. The molecule has 2 unspecified atom stereocenters. The minimum atomic E-state index is 0.555. The molecule has 0 heteroatoms. The molecule has 0 saturated carbocycles. The van der Waals surface area contributed by atoms with Gasteiger partial charge in [0.1, 0.15) is 0 Å². The molecule has 0 aromatic rings. The van der Waals surface area contributed by atoms with Gasteiger partial charge in [-0.1, -0.05) is 51.7 Å². The number of hydrogen-bond acceptors (Lipinski definition) is 0. The second-order valence-corrected chi connectivity index (χ2v) is 5.62. The van der Waals surface area contributed by atoms with E-state index in [-0.39, 0.29) is 0 Å². The van der Waals surface area contributed by atoms with Gasteiger partial charge in [-0.05, 0) is 43.9 Å². The van der Waals surface area contributed by atoms with Crippen LogP contribution >= 0.6 is 0 Å². The summed E-state index contributed by atoms with van der Waals surface area (Å²) >= 11 is 0. The van der Waals surface area contributed by atoms with Gasteiger partial charge in [-0.3, -0.25) is 0 Å². The van der Waals surface area contributed by atoms with E-state index in [0.29, 0.717) is 5.41 Å². The van der Waals surface area contributed by atoms with E-state index >= 15 is 0 Å². The molecule has 1 aliphatic rings. The highest BCUT2D eigenvalue weighted by Gasteiger charge is 2.31. The van der Waals surface area contributed by atoms with Crippen molar-refractivity contribution in [2.45, 2.75) is 72.6 Å². The van der Waals surface area contributed by atoms with Crippen molar-refractivity contribution in [3.05, 3.63) is 11.6 Å². The van der Waals surface area contributed by atoms with E-state index in [9.17, 15) is 0 Å². The standard InChI is InChI=1S/C15H28/c1-5-14-11-9-7-8-10-13(3)12-15(14,4)6-2/h10,14H,5-9,11-12H2,1-4H3. The molecule has 0 amide bonds. The monoisotopic (exact) mass is 208 g/mol. The third-order valence-electron chi connectivity index (χ3n) is 4.47. The van der Waals surface area contributed by atoms with Crippen LogP contribution in [0.3, 0.4) is 0 Å². The van der Waals surface area contributed by atoms with Crippen molar-refractivity contribution < 1.29 is 0 Å². The predicted molar refractivity (Wildman–Crippen MR) is 69.0 cm³/mol. The van der Waals surface area contributed by atoms with E-state index in [1.54, 1.807) is 5.57 Å². The lowest BCUT2D eigenvalue weighted by atomic mass is 9.68. The van der Waals surface area contributed by atoms with Gasteiger partial charge in [0, 0.05) is 0 Å². The van der Waals surface area contributed by atoms with Gasteiger partial charge in [0.15, 0.2) is 0 Å². The molecule has 0 radical (unpaired) electrons. The third-order valence-corrected chi connectivity index (χ3v) is 4.47. The summed E-state index contributed by atoms with van der Waals surface area (Å²) < 4.78 is 0. The van der Waals surface area contributed by atoms with Gasteiger partial charge in [-0.2, -0.15) is 0 Å². The van der Waals surface area contributed by atoms with E-state index < -0.39 is 0 Å². The molecule has 0 aromatic heterocycles. The lowest BCUT2D eigenvalue weighted by Crippen LogP contribution is -2.26. The van der Waals surface area contributed by atoms with Crippen LogP contribution in [0.5, 0.6) is 0 Å². The third kappa shape index (κ3) is 3.36. The van der Waals surface area contributed by atoms with Gasteiger partial charge in [0.05, 0.1) is 0 Å². The molecular weight excluding hydrogens is 180 g/mol. The van der Waals surface area contributed by atoms with Crippen molar-refractivity contribution in [1.82, 2.24) is 0 Å². The molecule has 1 rings (SSSR count). The second kappa shape index (κ2) is 5.72. The van der Waals surface area contributed by atoms with Crippen LogP contribution in [-0.4, -0.2) is 0 Å². The van der Waals surface area contributed by atoms with Crippen molar-refractivity contribution >= 4 is 0 Å². The molecule has 2 atom stereocenters. The minimum absolute atomic E-state index is 0.555. The van der Waals surface area contributed by atoms with Gasteiger partial charge in [0.2, 0.25) is 0 Å². The summed E-state index contributed by atoms with van der Waals surface area (Å²) in [6.45, 7) is 9.57. The van der Waals surface area contributed by atoms with E-state index in [4.69, 9.17) is 0 Å². The zero-order valence-corrected chi connectivity index (χ0v) is 11.1.